The van der Waals surface area contributed by atoms with E-state index in [-0.39, 0.29) is 0 Å². The Balaban J connectivity index is 2.09. The number of nitrogens with zero attached hydrogens (tertiary/aromatic N) is 2. The normalized spacial score (nSPS) is 21.4. The molecule has 5 heteroatoms. The van der Waals surface area contributed by atoms with Gasteiger partial charge in [0.1, 0.15) is 17.1 Å². The SMILES string of the molecule is Clc1ncnc2[nH]cc(C3CCCNC3)c12. The van der Waals surface area contributed by atoms with Crippen LogP contribution in [-0.4, -0.2) is 28.0 Å². The number of nitrogens with one attached hydrogen (secondary N) is 2. The van der Waals surface area contributed by atoms with E-state index >= 15 is 0 Å². The monoisotopic (exact) mass is 236 g/mol. The second-order valence-corrected chi connectivity index (χ2v) is 4.53. The fourth-order valence-electron chi connectivity index (χ4n) is 2.39. The molecule has 2 aromatic rings. The third-order valence-electron chi connectivity index (χ3n) is 3.19. The first-order chi connectivity index (χ1) is 7.86. The van der Waals surface area contributed by atoms with Crippen LogP contribution in [0.2, 0.25) is 5.15 Å². The molecule has 0 bridgehead atoms. The lowest BCUT2D eigenvalue weighted by Crippen LogP contribution is -2.28. The first-order valence-electron chi connectivity index (χ1n) is 5.54. The third-order valence-corrected chi connectivity index (χ3v) is 3.48. The zero-order valence-corrected chi connectivity index (χ0v) is 9.59. The van der Waals surface area contributed by atoms with Crippen LogP contribution in [0.25, 0.3) is 11.0 Å². The van der Waals surface area contributed by atoms with E-state index in [2.05, 4.69) is 20.3 Å². The summed E-state index contributed by atoms with van der Waals surface area (Å²) < 4.78 is 0. The minimum Gasteiger partial charge on any atom is -0.346 e. The van der Waals surface area contributed by atoms with Crippen molar-refractivity contribution in [3.8, 4) is 0 Å². The number of aromatic nitrogens is 3. The quantitative estimate of drug-likeness (QED) is 0.746. The highest BCUT2D eigenvalue weighted by molar-refractivity contribution is 6.34. The number of hydrogen-bond acceptors (Lipinski definition) is 3. The maximum absolute atomic E-state index is 6.13. The van der Waals surface area contributed by atoms with Crippen molar-refractivity contribution in [3.05, 3.63) is 23.2 Å². The molecule has 2 aromatic heterocycles. The minimum absolute atomic E-state index is 0.519. The second kappa shape index (κ2) is 4.03. The standard InChI is InChI=1S/C11H13ClN4/c12-10-9-8(7-2-1-3-13-4-7)5-14-11(9)16-6-15-10/h5-7,13H,1-4H2,(H,14,15,16). The lowest BCUT2D eigenvalue weighted by molar-refractivity contribution is 0.463. The molecule has 2 N–H and O–H groups in total. The summed E-state index contributed by atoms with van der Waals surface area (Å²) in [7, 11) is 0. The molecule has 0 aromatic carbocycles. The van der Waals surface area contributed by atoms with E-state index in [0.29, 0.717) is 11.1 Å². The summed E-state index contributed by atoms with van der Waals surface area (Å²) in [5.41, 5.74) is 2.08. The van der Waals surface area contributed by atoms with Gasteiger partial charge < -0.3 is 10.3 Å². The topological polar surface area (TPSA) is 53.6 Å². The summed E-state index contributed by atoms with van der Waals surface area (Å²) in [6.07, 6.45) is 5.92. The fourth-order valence-corrected chi connectivity index (χ4v) is 2.63. The lowest BCUT2D eigenvalue weighted by atomic mass is 9.92. The molecule has 16 heavy (non-hydrogen) atoms. The summed E-state index contributed by atoms with van der Waals surface area (Å²) in [4.78, 5) is 11.4. The lowest BCUT2D eigenvalue weighted by Gasteiger charge is -2.22. The number of H-pyrrole nitrogens is 1. The maximum atomic E-state index is 6.13. The van der Waals surface area contributed by atoms with Gasteiger partial charge in [0.25, 0.3) is 0 Å². The highest BCUT2D eigenvalue weighted by Crippen LogP contribution is 2.32. The van der Waals surface area contributed by atoms with Gasteiger partial charge in [-0.3, -0.25) is 0 Å². The Bertz CT molecular complexity index is 502. The molecule has 1 saturated heterocycles. The number of halogens is 1. The van der Waals surface area contributed by atoms with Gasteiger partial charge in [0, 0.05) is 12.7 Å². The van der Waals surface area contributed by atoms with E-state index < -0.39 is 0 Å². The molecule has 3 rings (SSSR count). The zero-order chi connectivity index (χ0) is 11.0. The van der Waals surface area contributed by atoms with Crippen LogP contribution >= 0.6 is 11.6 Å². The molecule has 1 fully saturated rings. The van der Waals surface area contributed by atoms with Gasteiger partial charge in [0.05, 0.1) is 5.39 Å². The number of hydrogen-bond donors (Lipinski definition) is 2. The summed E-state index contributed by atoms with van der Waals surface area (Å²) in [6.45, 7) is 2.13. The number of fused-ring (bicyclic) bond motifs is 1. The van der Waals surface area contributed by atoms with Gasteiger partial charge >= 0.3 is 0 Å². The van der Waals surface area contributed by atoms with Gasteiger partial charge in [-0.2, -0.15) is 0 Å². The fraction of sp³-hybridized carbons (Fsp3) is 0.455. The second-order valence-electron chi connectivity index (χ2n) is 4.18. The van der Waals surface area contributed by atoms with Crippen molar-refractivity contribution in [1.82, 2.24) is 20.3 Å². The molecule has 1 unspecified atom stereocenters. The van der Waals surface area contributed by atoms with Crippen molar-refractivity contribution < 1.29 is 0 Å². The average molecular weight is 237 g/mol. The van der Waals surface area contributed by atoms with Crippen molar-refractivity contribution in [2.75, 3.05) is 13.1 Å². The molecular weight excluding hydrogens is 224 g/mol. The first kappa shape index (κ1) is 10.1. The Hall–Kier alpha value is -1.13. The molecule has 0 saturated carbocycles. The molecule has 0 aliphatic carbocycles. The Morgan fingerprint density at radius 1 is 1.38 bits per heavy atom. The van der Waals surface area contributed by atoms with Crippen molar-refractivity contribution >= 4 is 22.6 Å². The van der Waals surface area contributed by atoms with Crippen LogP contribution in [0.5, 0.6) is 0 Å². The average Bonchev–Trinajstić information content (AvgIpc) is 2.75. The Morgan fingerprint density at radius 3 is 3.12 bits per heavy atom. The van der Waals surface area contributed by atoms with Crippen LogP contribution in [0.3, 0.4) is 0 Å². The molecule has 0 radical (unpaired) electrons. The Kier molecular flexibility index (Phi) is 2.53. The third kappa shape index (κ3) is 1.58. The summed E-state index contributed by atoms with van der Waals surface area (Å²) in [5, 5.41) is 4.94. The number of aromatic amines is 1. The molecule has 1 aliphatic rings. The highest BCUT2D eigenvalue weighted by Gasteiger charge is 2.20. The predicted molar refractivity (Wildman–Crippen MR) is 63.7 cm³/mol. The van der Waals surface area contributed by atoms with E-state index in [9.17, 15) is 0 Å². The van der Waals surface area contributed by atoms with Crippen LogP contribution in [0.15, 0.2) is 12.5 Å². The number of rotatable bonds is 1. The molecular formula is C11H13ClN4. The van der Waals surface area contributed by atoms with Crippen LogP contribution in [0, 0.1) is 0 Å². The first-order valence-corrected chi connectivity index (χ1v) is 5.92. The zero-order valence-electron chi connectivity index (χ0n) is 8.83. The molecule has 1 aliphatic heterocycles. The van der Waals surface area contributed by atoms with E-state index in [0.717, 1.165) is 24.1 Å². The van der Waals surface area contributed by atoms with Crippen LogP contribution in [0.1, 0.15) is 24.3 Å². The van der Waals surface area contributed by atoms with E-state index in [1.807, 2.05) is 6.20 Å². The van der Waals surface area contributed by atoms with Crippen molar-refractivity contribution in [2.24, 2.45) is 0 Å². The largest absolute Gasteiger partial charge is 0.346 e. The van der Waals surface area contributed by atoms with Gasteiger partial charge in [-0.15, -0.1) is 0 Å². The van der Waals surface area contributed by atoms with Gasteiger partial charge in [-0.05, 0) is 30.9 Å². The maximum Gasteiger partial charge on any atom is 0.142 e. The Morgan fingerprint density at radius 2 is 2.31 bits per heavy atom. The van der Waals surface area contributed by atoms with Crippen LogP contribution in [0.4, 0.5) is 0 Å². The smallest absolute Gasteiger partial charge is 0.142 e. The molecule has 3 heterocycles. The van der Waals surface area contributed by atoms with E-state index in [1.165, 1.54) is 24.7 Å². The summed E-state index contributed by atoms with van der Waals surface area (Å²) in [6, 6.07) is 0. The summed E-state index contributed by atoms with van der Waals surface area (Å²) in [5.74, 6) is 0.519. The summed E-state index contributed by atoms with van der Waals surface area (Å²) >= 11 is 6.13. The molecule has 0 amide bonds. The minimum atomic E-state index is 0.519. The van der Waals surface area contributed by atoms with Gasteiger partial charge in [0.2, 0.25) is 0 Å². The predicted octanol–water partition coefficient (Wildman–Crippen LogP) is 2.08. The molecule has 0 spiro atoms. The van der Waals surface area contributed by atoms with Crippen LogP contribution < -0.4 is 5.32 Å². The Labute approximate surface area is 98.4 Å². The van der Waals surface area contributed by atoms with Crippen molar-refractivity contribution in [2.45, 2.75) is 18.8 Å². The van der Waals surface area contributed by atoms with Crippen molar-refractivity contribution in [3.63, 3.8) is 0 Å². The number of piperidine rings is 1. The molecule has 4 nitrogen and oxygen atoms in total. The van der Waals surface area contributed by atoms with E-state index in [4.69, 9.17) is 11.6 Å². The van der Waals surface area contributed by atoms with Crippen molar-refractivity contribution in [1.29, 1.82) is 0 Å². The molecule has 1 atom stereocenters. The van der Waals surface area contributed by atoms with Gasteiger partial charge in [-0.25, -0.2) is 9.97 Å². The highest BCUT2D eigenvalue weighted by atomic mass is 35.5. The van der Waals surface area contributed by atoms with E-state index in [1.54, 1.807) is 0 Å². The van der Waals surface area contributed by atoms with Gasteiger partial charge in [0.15, 0.2) is 0 Å². The van der Waals surface area contributed by atoms with Crippen LogP contribution in [-0.2, 0) is 0 Å². The molecule has 84 valence electrons. The van der Waals surface area contributed by atoms with Gasteiger partial charge in [-0.1, -0.05) is 11.6 Å².